The Morgan fingerprint density at radius 2 is 2.00 bits per heavy atom. The number of halogens is 1. The lowest BCUT2D eigenvalue weighted by atomic mass is 9.97. The fourth-order valence-electron chi connectivity index (χ4n) is 2.08. The van der Waals surface area contributed by atoms with Crippen LogP contribution in [0.3, 0.4) is 0 Å². The van der Waals surface area contributed by atoms with E-state index in [4.69, 9.17) is 0 Å². The first kappa shape index (κ1) is 13.5. The van der Waals surface area contributed by atoms with E-state index < -0.39 is 0 Å². The molecule has 0 radical (unpaired) electrons. The van der Waals surface area contributed by atoms with Crippen LogP contribution < -0.4 is 5.32 Å². The Balaban J connectivity index is 2.47. The van der Waals surface area contributed by atoms with Crippen LogP contribution >= 0.6 is 22.6 Å². The summed E-state index contributed by atoms with van der Waals surface area (Å²) in [6.45, 7) is 5.20. The predicted molar refractivity (Wildman–Crippen MR) is 83.7 cm³/mol. The van der Waals surface area contributed by atoms with E-state index in [0.717, 1.165) is 6.54 Å². The second kappa shape index (κ2) is 6.29. The van der Waals surface area contributed by atoms with Gasteiger partial charge in [0, 0.05) is 16.0 Å². The molecular weight excluding hydrogens is 335 g/mol. The topological polar surface area (TPSA) is 24.9 Å². The molecule has 0 aliphatic carbocycles. The molecule has 1 N–H and O–H groups in total. The molecule has 2 rings (SSSR count). The quantitative estimate of drug-likeness (QED) is 0.849. The van der Waals surface area contributed by atoms with Gasteiger partial charge < -0.3 is 5.32 Å². The Morgan fingerprint density at radius 1 is 1.22 bits per heavy atom. The number of hydrogen-bond donors (Lipinski definition) is 1. The SMILES string of the molecule is CCNC(c1cnccc1C)c1ccccc1I. The van der Waals surface area contributed by atoms with Crippen LogP contribution in [0.15, 0.2) is 42.7 Å². The third-order valence-electron chi connectivity index (χ3n) is 3.02. The largest absolute Gasteiger partial charge is 0.306 e. The highest BCUT2D eigenvalue weighted by Crippen LogP contribution is 2.27. The molecule has 3 heteroatoms. The molecule has 0 fully saturated rings. The van der Waals surface area contributed by atoms with Crippen molar-refractivity contribution >= 4 is 22.6 Å². The molecule has 0 spiro atoms. The van der Waals surface area contributed by atoms with Crippen molar-refractivity contribution in [1.29, 1.82) is 0 Å². The molecule has 18 heavy (non-hydrogen) atoms. The molecule has 1 heterocycles. The number of benzene rings is 1. The molecule has 1 atom stereocenters. The van der Waals surface area contributed by atoms with E-state index in [1.165, 1.54) is 20.3 Å². The van der Waals surface area contributed by atoms with Crippen molar-refractivity contribution in [3.8, 4) is 0 Å². The van der Waals surface area contributed by atoms with Crippen molar-refractivity contribution < 1.29 is 0 Å². The van der Waals surface area contributed by atoms with Crippen LogP contribution in [0.2, 0.25) is 0 Å². The summed E-state index contributed by atoms with van der Waals surface area (Å²) in [6, 6.07) is 10.8. The van der Waals surface area contributed by atoms with Crippen LogP contribution in [-0.2, 0) is 0 Å². The van der Waals surface area contributed by atoms with Gasteiger partial charge in [-0.2, -0.15) is 0 Å². The van der Waals surface area contributed by atoms with Crippen molar-refractivity contribution in [2.45, 2.75) is 19.9 Å². The Kier molecular flexibility index (Phi) is 4.72. The van der Waals surface area contributed by atoms with Gasteiger partial charge in [0.15, 0.2) is 0 Å². The molecule has 0 aliphatic heterocycles. The summed E-state index contributed by atoms with van der Waals surface area (Å²) in [5, 5.41) is 3.55. The molecule has 0 saturated carbocycles. The Morgan fingerprint density at radius 3 is 2.67 bits per heavy atom. The van der Waals surface area contributed by atoms with E-state index in [2.05, 4.69) is 77.1 Å². The minimum absolute atomic E-state index is 0.219. The molecule has 1 aromatic heterocycles. The summed E-state index contributed by atoms with van der Waals surface area (Å²) >= 11 is 2.39. The fourth-order valence-corrected chi connectivity index (χ4v) is 2.78. The third kappa shape index (κ3) is 2.90. The van der Waals surface area contributed by atoms with Crippen LogP contribution in [-0.4, -0.2) is 11.5 Å². The van der Waals surface area contributed by atoms with E-state index in [1.807, 2.05) is 12.4 Å². The van der Waals surface area contributed by atoms with Crippen molar-refractivity contribution in [3.05, 3.63) is 63.0 Å². The van der Waals surface area contributed by atoms with Gasteiger partial charge in [0.25, 0.3) is 0 Å². The predicted octanol–water partition coefficient (Wildman–Crippen LogP) is 3.69. The molecule has 0 amide bonds. The van der Waals surface area contributed by atoms with Gasteiger partial charge in [-0.05, 0) is 64.9 Å². The van der Waals surface area contributed by atoms with E-state index >= 15 is 0 Å². The number of pyridine rings is 1. The third-order valence-corrected chi connectivity index (χ3v) is 4.00. The molecule has 94 valence electrons. The second-order valence-corrected chi connectivity index (χ2v) is 5.41. The smallest absolute Gasteiger partial charge is 0.0604 e. The number of aryl methyl sites for hydroxylation is 1. The molecular formula is C15H17IN2. The van der Waals surface area contributed by atoms with Crippen molar-refractivity contribution in [2.24, 2.45) is 0 Å². The summed E-state index contributed by atoms with van der Waals surface area (Å²) < 4.78 is 1.28. The van der Waals surface area contributed by atoms with Gasteiger partial charge in [-0.25, -0.2) is 0 Å². The summed E-state index contributed by atoms with van der Waals surface area (Å²) in [6.07, 6.45) is 3.81. The normalized spacial score (nSPS) is 12.4. The number of rotatable bonds is 4. The van der Waals surface area contributed by atoms with Crippen molar-refractivity contribution in [3.63, 3.8) is 0 Å². The highest BCUT2D eigenvalue weighted by molar-refractivity contribution is 14.1. The van der Waals surface area contributed by atoms with Gasteiger partial charge in [0.2, 0.25) is 0 Å². The maximum absolute atomic E-state index is 4.26. The van der Waals surface area contributed by atoms with E-state index in [0.29, 0.717) is 0 Å². The van der Waals surface area contributed by atoms with Crippen LogP contribution in [0.4, 0.5) is 0 Å². The lowest BCUT2D eigenvalue weighted by molar-refractivity contribution is 0.623. The zero-order chi connectivity index (χ0) is 13.0. The minimum atomic E-state index is 0.219. The molecule has 0 aliphatic rings. The average molecular weight is 352 g/mol. The van der Waals surface area contributed by atoms with Gasteiger partial charge in [-0.1, -0.05) is 25.1 Å². The molecule has 1 unspecified atom stereocenters. The monoisotopic (exact) mass is 352 g/mol. The molecule has 0 saturated heterocycles. The zero-order valence-electron chi connectivity index (χ0n) is 10.7. The lowest BCUT2D eigenvalue weighted by Crippen LogP contribution is -2.23. The fraction of sp³-hybridized carbons (Fsp3) is 0.267. The van der Waals surface area contributed by atoms with Crippen molar-refractivity contribution in [1.82, 2.24) is 10.3 Å². The standard InChI is InChI=1S/C15H17IN2/c1-3-18-15(12-6-4-5-7-14(12)16)13-10-17-9-8-11(13)2/h4-10,15,18H,3H2,1-2H3. The van der Waals surface area contributed by atoms with Crippen LogP contribution in [0.1, 0.15) is 29.7 Å². The van der Waals surface area contributed by atoms with Crippen molar-refractivity contribution in [2.75, 3.05) is 6.54 Å². The Labute approximate surface area is 122 Å². The average Bonchev–Trinajstić information content (AvgIpc) is 2.38. The van der Waals surface area contributed by atoms with E-state index in [1.54, 1.807) is 0 Å². The second-order valence-electron chi connectivity index (χ2n) is 4.24. The van der Waals surface area contributed by atoms with Gasteiger partial charge in [-0.3, -0.25) is 4.98 Å². The number of nitrogens with one attached hydrogen (secondary N) is 1. The first-order valence-corrected chi connectivity index (χ1v) is 7.20. The Hall–Kier alpha value is -0.940. The minimum Gasteiger partial charge on any atom is -0.306 e. The van der Waals surface area contributed by atoms with Crippen LogP contribution in [0, 0.1) is 10.5 Å². The maximum Gasteiger partial charge on any atom is 0.0604 e. The molecule has 2 aromatic rings. The van der Waals surface area contributed by atoms with Gasteiger partial charge >= 0.3 is 0 Å². The molecule has 2 nitrogen and oxygen atoms in total. The molecule has 0 bridgehead atoms. The summed E-state index contributed by atoms with van der Waals surface area (Å²) in [5.41, 5.74) is 3.84. The van der Waals surface area contributed by atoms with Crippen LogP contribution in [0.25, 0.3) is 0 Å². The summed E-state index contributed by atoms with van der Waals surface area (Å²) in [4.78, 5) is 4.26. The number of nitrogens with zero attached hydrogens (tertiary/aromatic N) is 1. The van der Waals surface area contributed by atoms with Crippen LogP contribution in [0.5, 0.6) is 0 Å². The zero-order valence-corrected chi connectivity index (χ0v) is 12.8. The number of hydrogen-bond acceptors (Lipinski definition) is 2. The molecule has 1 aromatic carbocycles. The maximum atomic E-state index is 4.26. The highest BCUT2D eigenvalue weighted by Gasteiger charge is 2.17. The lowest BCUT2D eigenvalue weighted by Gasteiger charge is -2.21. The van der Waals surface area contributed by atoms with E-state index in [9.17, 15) is 0 Å². The first-order chi connectivity index (χ1) is 8.74. The first-order valence-electron chi connectivity index (χ1n) is 6.12. The van der Waals surface area contributed by atoms with Gasteiger partial charge in [-0.15, -0.1) is 0 Å². The highest BCUT2D eigenvalue weighted by atomic mass is 127. The Bertz CT molecular complexity index is 480. The van der Waals surface area contributed by atoms with Gasteiger partial charge in [0.1, 0.15) is 0 Å². The number of aromatic nitrogens is 1. The summed E-state index contributed by atoms with van der Waals surface area (Å²) in [5.74, 6) is 0. The summed E-state index contributed by atoms with van der Waals surface area (Å²) in [7, 11) is 0. The van der Waals surface area contributed by atoms with Gasteiger partial charge in [0.05, 0.1) is 6.04 Å². The van der Waals surface area contributed by atoms with E-state index in [-0.39, 0.29) is 6.04 Å².